The van der Waals surface area contributed by atoms with Gasteiger partial charge < -0.3 is 24.8 Å². The zero-order valence-corrected chi connectivity index (χ0v) is 23.8. The smallest absolute Gasteiger partial charge is 0.430 e. The molecule has 0 spiro atoms. The summed E-state index contributed by atoms with van der Waals surface area (Å²) in [5.41, 5.74) is 1.93. The Balaban J connectivity index is 0.000000493. The van der Waals surface area contributed by atoms with Crippen LogP contribution in [-0.4, -0.2) is 65.6 Å². The van der Waals surface area contributed by atoms with Crippen LogP contribution in [0.4, 0.5) is 17.6 Å². The van der Waals surface area contributed by atoms with Gasteiger partial charge in [0.15, 0.2) is 11.4 Å². The van der Waals surface area contributed by atoms with Crippen molar-refractivity contribution in [2.75, 3.05) is 26.2 Å². The Morgan fingerprint density at radius 2 is 1.43 bits per heavy atom. The van der Waals surface area contributed by atoms with E-state index in [1.807, 2.05) is 48.5 Å². The van der Waals surface area contributed by atoms with Crippen LogP contribution in [0.3, 0.4) is 0 Å². The van der Waals surface area contributed by atoms with Gasteiger partial charge in [0.25, 0.3) is 5.91 Å². The summed E-state index contributed by atoms with van der Waals surface area (Å²) in [5.74, 6) is -3.26. The van der Waals surface area contributed by atoms with Gasteiger partial charge in [0.2, 0.25) is 0 Å². The van der Waals surface area contributed by atoms with E-state index in [2.05, 4.69) is 5.32 Å². The predicted molar refractivity (Wildman–Crippen MR) is 150 cm³/mol. The second-order valence-corrected chi connectivity index (χ2v) is 11.7. The zero-order chi connectivity index (χ0) is 31.7. The third kappa shape index (κ3) is 6.11. The molecule has 7 nitrogen and oxygen atoms in total. The number of piperidine rings is 3. The van der Waals surface area contributed by atoms with Crippen LogP contribution in [0.2, 0.25) is 0 Å². The fourth-order valence-corrected chi connectivity index (χ4v) is 6.85. The maximum absolute atomic E-state index is 13.8. The number of hydrogen-bond acceptors (Lipinski definition) is 5. The van der Waals surface area contributed by atoms with Crippen molar-refractivity contribution in [2.24, 2.45) is 5.92 Å². The first-order valence-corrected chi connectivity index (χ1v) is 14.5. The van der Waals surface area contributed by atoms with Gasteiger partial charge in [0.05, 0.1) is 32.2 Å². The number of nitrogens with zero attached hydrogens (tertiary/aromatic N) is 1. The number of carboxylic acid groups (broad SMARTS) is 1. The number of benzene rings is 3. The molecular weight excluding hydrogens is 580 g/mol. The second kappa shape index (κ2) is 12.1. The highest BCUT2D eigenvalue weighted by Crippen LogP contribution is 2.47. The number of fused-ring (bicyclic) bond motifs is 6. The molecule has 3 fully saturated rings. The Morgan fingerprint density at radius 1 is 0.909 bits per heavy atom. The number of ketones is 1. The number of rotatable bonds is 7. The van der Waals surface area contributed by atoms with E-state index in [1.165, 1.54) is 12.1 Å². The van der Waals surface area contributed by atoms with Crippen molar-refractivity contribution in [3.63, 3.8) is 0 Å². The number of Topliss-reactive ketones (excluding diaryl/α,β-unsaturated/α-hetero) is 1. The third-order valence-electron chi connectivity index (χ3n) is 9.10. The number of carboxylic acids is 1. The van der Waals surface area contributed by atoms with Crippen LogP contribution in [0.25, 0.3) is 11.1 Å². The van der Waals surface area contributed by atoms with Crippen molar-refractivity contribution in [1.82, 2.24) is 5.32 Å². The normalized spacial score (nSPS) is 22.7. The van der Waals surface area contributed by atoms with E-state index in [0.29, 0.717) is 29.0 Å². The molecule has 11 heteroatoms. The SMILES string of the molecule is O=C(CCC[N+]12CCC(CC1)[C@@H](NC(=O)C1(O)c3ccccc3-c3ccccc31)C2)c1ccc(F)cc1.O=C([O-])C(F)(F)F. The van der Waals surface area contributed by atoms with E-state index in [4.69, 9.17) is 9.90 Å². The Hall–Kier alpha value is -4.09. The number of carbonyl (C=O) groups excluding carboxylic acids is 3. The summed E-state index contributed by atoms with van der Waals surface area (Å²) in [4.78, 5) is 35.2. The van der Waals surface area contributed by atoms with Gasteiger partial charge in [-0.05, 0) is 41.3 Å². The number of aliphatic hydroxyl groups is 1. The van der Waals surface area contributed by atoms with Gasteiger partial charge in [0, 0.05) is 42.4 Å². The Kier molecular flexibility index (Phi) is 8.64. The summed E-state index contributed by atoms with van der Waals surface area (Å²) in [5, 5.41) is 23.9. The second-order valence-electron chi connectivity index (χ2n) is 11.7. The molecule has 4 aliphatic rings. The summed E-state index contributed by atoms with van der Waals surface area (Å²) < 4.78 is 45.6. The van der Waals surface area contributed by atoms with E-state index in [9.17, 15) is 32.3 Å². The summed E-state index contributed by atoms with van der Waals surface area (Å²) in [7, 11) is 0. The molecule has 3 aromatic rings. The molecule has 2 bridgehead atoms. The quantitative estimate of drug-likeness (QED) is 0.240. The highest BCUT2D eigenvalue weighted by Gasteiger charge is 2.51. The first kappa shape index (κ1) is 31.3. The van der Waals surface area contributed by atoms with Gasteiger partial charge in [-0.1, -0.05) is 48.5 Å². The highest BCUT2D eigenvalue weighted by atomic mass is 19.4. The number of nitrogens with one attached hydrogen (secondary N) is 1. The van der Waals surface area contributed by atoms with E-state index in [0.717, 1.165) is 61.1 Å². The van der Waals surface area contributed by atoms with E-state index < -0.39 is 17.7 Å². The molecule has 7 rings (SSSR count). The van der Waals surface area contributed by atoms with Gasteiger partial charge in [-0.3, -0.25) is 9.59 Å². The Morgan fingerprint density at radius 3 is 1.95 bits per heavy atom. The van der Waals surface area contributed by atoms with Crippen LogP contribution in [0.1, 0.15) is 47.2 Å². The minimum Gasteiger partial charge on any atom is -0.542 e. The van der Waals surface area contributed by atoms with Gasteiger partial charge in [0.1, 0.15) is 11.8 Å². The zero-order valence-electron chi connectivity index (χ0n) is 23.8. The molecule has 3 saturated heterocycles. The first-order chi connectivity index (χ1) is 20.8. The standard InChI is InChI=1S/C31H31FN2O3.C2HF3O2/c32-23-13-11-22(12-14-23)29(35)10-5-17-34-18-15-21(16-19-34)28(20-34)33-30(36)31(37)26-8-3-1-6-24(26)25-7-2-4-9-27(25)31;3-2(4,5)1(6)7/h1-4,6-9,11-14,21,28,37H,5,10,15-20H2;(H,6,7)/t21?,28-,34?;/m0./s1. The summed E-state index contributed by atoms with van der Waals surface area (Å²) >= 11 is 0. The number of alkyl halides is 3. The molecule has 1 amide bonds. The number of halogens is 4. The van der Waals surface area contributed by atoms with Gasteiger partial charge in [-0.25, -0.2) is 4.39 Å². The molecule has 44 heavy (non-hydrogen) atoms. The molecule has 1 atom stereocenters. The molecule has 2 N–H and O–H groups in total. The van der Waals surface area contributed by atoms with E-state index in [-0.39, 0.29) is 23.5 Å². The summed E-state index contributed by atoms with van der Waals surface area (Å²) in [6, 6.07) is 20.9. The predicted octanol–water partition coefficient (Wildman–Crippen LogP) is 3.73. The number of hydrogen-bond donors (Lipinski definition) is 2. The number of aliphatic carboxylic acids is 1. The molecule has 0 radical (unpaired) electrons. The van der Waals surface area contributed by atoms with Crippen LogP contribution >= 0.6 is 0 Å². The molecule has 0 aromatic heterocycles. The number of amides is 1. The average Bonchev–Trinajstić information content (AvgIpc) is 3.27. The fraction of sp³-hybridized carbons (Fsp3) is 0.364. The molecular formula is C33H32F4N2O5. The van der Waals surface area contributed by atoms with Gasteiger partial charge >= 0.3 is 6.18 Å². The molecule has 3 heterocycles. The average molecular weight is 613 g/mol. The number of carbonyl (C=O) groups is 3. The lowest BCUT2D eigenvalue weighted by Crippen LogP contribution is -2.68. The highest BCUT2D eigenvalue weighted by molar-refractivity contribution is 5.99. The molecule has 0 saturated carbocycles. The lowest BCUT2D eigenvalue weighted by atomic mass is 9.80. The van der Waals surface area contributed by atoms with Crippen LogP contribution in [0.5, 0.6) is 0 Å². The van der Waals surface area contributed by atoms with Crippen LogP contribution in [-0.2, 0) is 15.2 Å². The van der Waals surface area contributed by atoms with Crippen molar-refractivity contribution in [3.05, 3.63) is 95.3 Å². The van der Waals surface area contributed by atoms with E-state index >= 15 is 0 Å². The fourth-order valence-electron chi connectivity index (χ4n) is 6.85. The molecule has 232 valence electrons. The molecule has 3 aromatic carbocycles. The Labute approximate surface area is 251 Å². The van der Waals surface area contributed by atoms with Gasteiger partial charge in [-0.15, -0.1) is 0 Å². The monoisotopic (exact) mass is 612 g/mol. The summed E-state index contributed by atoms with van der Waals surface area (Å²) in [6.07, 6.45) is -1.95. The summed E-state index contributed by atoms with van der Waals surface area (Å²) in [6.45, 7) is 3.80. The van der Waals surface area contributed by atoms with Gasteiger partial charge in [-0.2, -0.15) is 13.2 Å². The van der Waals surface area contributed by atoms with Crippen molar-refractivity contribution < 1.29 is 46.6 Å². The largest absolute Gasteiger partial charge is 0.542 e. The lowest BCUT2D eigenvalue weighted by Gasteiger charge is -2.53. The first-order valence-electron chi connectivity index (χ1n) is 14.5. The van der Waals surface area contributed by atoms with E-state index in [1.54, 1.807) is 12.1 Å². The van der Waals surface area contributed by atoms with Crippen molar-refractivity contribution >= 4 is 17.7 Å². The maximum atomic E-state index is 13.8. The molecule has 0 unspecified atom stereocenters. The van der Waals surface area contributed by atoms with Crippen LogP contribution in [0, 0.1) is 11.7 Å². The number of quaternary nitrogens is 1. The Bertz CT molecular complexity index is 1500. The minimum absolute atomic E-state index is 0.00764. The molecule has 1 aliphatic carbocycles. The molecule has 3 aliphatic heterocycles. The van der Waals surface area contributed by atoms with Crippen LogP contribution < -0.4 is 10.4 Å². The van der Waals surface area contributed by atoms with Crippen LogP contribution in [0.15, 0.2) is 72.8 Å². The van der Waals surface area contributed by atoms with Crippen molar-refractivity contribution in [3.8, 4) is 11.1 Å². The topological polar surface area (TPSA) is 107 Å². The maximum Gasteiger partial charge on any atom is 0.430 e. The third-order valence-corrected chi connectivity index (χ3v) is 9.10. The van der Waals surface area contributed by atoms with Crippen molar-refractivity contribution in [1.29, 1.82) is 0 Å². The van der Waals surface area contributed by atoms with Crippen molar-refractivity contribution in [2.45, 2.75) is 43.5 Å². The minimum atomic E-state index is -5.19. The lowest BCUT2D eigenvalue weighted by molar-refractivity contribution is -0.944.